The van der Waals surface area contributed by atoms with E-state index >= 15 is 0 Å². The van der Waals surface area contributed by atoms with E-state index in [0.717, 1.165) is 11.8 Å². The number of ether oxygens (including phenoxy) is 1. The van der Waals surface area contributed by atoms with Gasteiger partial charge in [-0.15, -0.1) is 0 Å². The van der Waals surface area contributed by atoms with Gasteiger partial charge in [0.1, 0.15) is 11.5 Å². The predicted molar refractivity (Wildman–Crippen MR) is 133 cm³/mol. The van der Waals surface area contributed by atoms with Gasteiger partial charge in [0.05, 0.1) is 11.5 Å². The van der Waals surface area contributed by atoms with Gasteiger partial charge in [0, 0.05) is 12.3 Å². The fraction of sp³-hybridized carbons (Fsp3) is 0.333. The van der Waals surface area contributed by atoms with E-state index in [-0.39, 0.29) is 24.2 Å². The van der Waals surface area contributed by atoms with Gasteiger partial charge in [-0.1, -0.05) is 18.2 Å². The fourth-order valence-corrected chi connectivity index (χ4v) is 6.26. The summed E-state index contributed by atoms with van der Waals surface area (Å²) in [5, 5.41) is 21.4. The van der Waals surface area contributed by atoms with Gasteiger partial charge in [-0.2, -0.15) is 0 Å². The van der Waals surface area contributed by atoms with Crippen LogP contribution in [-0.2, 0) is 25.6 Å². The molecule has 0 aliphatic heterocycles. The molecule has 4 N–H and O–H groups in total. The number of benzene rings is 2. The molecule has 0 aromatic heterocycles. The Labute approximate surface area is 220 Å². The molecule has 38 heavy (non-hydrogen) atoms. The van der Waals surface area contributed by atoms with Crippen molar-refractivity contribution in [1.29, 1.82) is 0 Å². The molecule has 2 aromatic carbocycles. The average Bonchev–Trinajstić information content (AvgIpc) is 2.86. The number of phenols is 1. The van der Waals surface area contributed by atoms with Crippen molar-refractivity contribution < 1.29 is 43.7 Å². The molecule has 0 spiro atoms. The topological polar surface area (TPSA) is 178 Å². The third-order valence-corrected chi connectivity index (χ3v) is 8.24. The summed E-state index contributed by atoms with van der Waals surface area (Å²) in [4.78, 5) is 76.0. The molecule has 0 bridgehead atoms. The van der Waals surface area contributed by atoms with Gasteiger partial charge < -0.3 is 20.7 Å². The lowest BCUT2D eigenvalue weighted by atomic mass is 9.53. The summed E-state index contributed by atoms with van der Waals surface area (Å²) < 4.78 is 5.17. The molecule has 0 saturated heterocycles. The highest BCUT2D eigenvalue weighted by Crippen LogP contribution is 2.51. The number of carbonyl (C=O) groups excluding carboxylic acids is 6. The molecule has 3 aliphatic carbocycles. The monoisotopic (exact) mass is 537 g/mol. The van der Waals surface area contributed by atoms with Gasteiger partial charge in [-0.25, -0.2) is 4.79 Å². The number of ketones is 4. The number of aliphatic hydroxyl groups is 1. The van der Waals surface area contributed by atoms with Gasteiger partial charge in [0.25, 0.3) is 0 Å². The lowest BCUT2D eigenvalue weighted by molar-refractivity contribution is -0.175. The maximum atomic E-state index is 13.7. The minimum atomic E-state index is -2.68. The van der Waals surface area contributed by atoms with Crippen LogP contribution >= 0.6 is 11.8 Å². The largest absolute Gasteiger partial charge is 0.507 e. The lowest BCUT2D eigenvalue weighted by Crippen LogP contribution is -2.68. The van der Waals surface area contributed by atoms with Gasteiger partial charge in [0.2, 0.25) is 5.91 Å². The second-order valence-corrected chi connectivity index (χ2v) is 10.5. The number of hydrogen-bond acceptors (Lipinski definition) is 10. The number of thioether (sulfide) groups is 1. The van der Waals surface area contributed by atoms with Crippen LogP contribution in [0.25, 0.3) is 11.1 Å². The van der Waals surface area contributed by atoms with E-state index in [9.17, 15) is 39.0 Å². The van der Waals surface area contributed by atoms with Crippen LogP contribution in [0.15, 0.2) is 36.4 Å². The fourth-order valence-electron chi connectivity index (χ4n) is 6.08. The van der Waals surface area contributed by atoms with E-state index in [0.29, 0.717) is 22.4 Å². The first kappa shape index (κ1) is 25.8. The predicted octanol–water partition coefficient (Wildman–Crippen LogP) is 1.86. The van der Waals surface area contributed by atoms with Gasteiger partial charge in [0.15, 0.2) is 34.7 Å². The van der Waals surface area contributed by atoms with Crippen LogP contribution < -0.4 is 10.5 Å². The number of carbonyl (C=O) groups is 6. The molecule has 0 heterocycles. The summed E-state index contributed by atoms with van der Waals surface area (Å²) in [6.45, 7) is 0. The molecule has 2 unspecified atom stereocenters. The van der Waals surface area contributed by atoms with E-state index < -0.39 is 70.0 Å². The Bertz CT molecular complexity index is 1430. The minimum absolute atomic E-state index is 0.0136. The number of aromatic hydroxyl groups is 1. The van der Waals surface area contributed by atoms with Gasteiger partial charge in [-0.05, 0) is 71.7 Å². The van der Waals surface area contributed by atoms with Crippen LogP contribution in [0.3, 0.4) is 0 Å². The Hall–Kier alpha value is -3.83. The molecule has 2 aromatic rings. The van der Waals surface area contributed by atoms with E-state index in [1.165, 1.54) is 6.07 Å². The first-order valence-electron chi connectivity index (χ1n) is 11.9. The number of amides is 1. The number of primary amides is 1. The Morgan fingerprint density at radius 2 is 1.71 bits per heavy atom. The van der Waals surface area contributed by atoms with Crippen LogP contribution in [0.2, 0.25) is 0 Å². The normalized spacial score (nSPS) is 28.3. The number of Topliss-reactive ketones (excluding diaryl/α,β-unsaturated/α-hetero) is 4. The van der Waals surface area contributed by atoms with Crippen molar-refractivity contribution in [3.63, 3.8) is 0 Å². The highest BCUT2D eigenvalue weighted by Gasteiger charge is 2.66. The van der Waals surface area contributed by atoms with Crippen LogP contribution in [-0.4, -0.2) is 56.4 Å². The van der Waals surface area contributed by atoms with E-state index in [2.05, 4.69) is 0 Å². The Morgan fingerprint density at radius 3 is 2.34 bits per heavy atom. The molecule has 1 amide bonds. The standard InChI is InChI=1S/C27H23NO9S/c1-38-26(35)37-14-4-2-11(3-5-14)15-6-7-17(29)20-16(15)9-12-8-13-10-18(30)21(25(28)34)24(33)27(13,36)23(32)19(12)22(20)31/h2-7,12-13,19,21,29,36H,8-10H2,1H3,(H2,28,34)/t12-,13+,19?,21?,27+/m1/s1. The van der Waals surface area contributed by atoms with E-state index in [1.54, 1.807) is 36.6 Å². The van der Waals surface area contributed by atoms with Crippen molar-refractivity contribution in [3.8, 4) is 22.6 Å². The smallest absolute Gasteiger partial charge is 0.372 e. The number of hydrogen-bond donors (Lipinski definition) is 3. The van der Waals surface area contributed by atoms with Crippen LogP contribution in [0.4, 0.5) is 4.79 Å². The molecule has 11 heteroatoms. The zero-order valence-corrected chi connectivity index (χ0v) is 20.9. The maximum Gasteiger partial charge on any atom is 0.372 e. The number of rotatable bonds is 3. The van der Waals surface area contributed by atoms with Crippen molar-refractivity contribution in [2.24, 2.45) is 29.4 Å². The van der Waals surface area contributed by atoms with Crippen molar-refractivity contribution in [2.75, 3.05) is 6.26 Å². The Kier molecular flexibility index (Phi) is 6.23. The van der Waals surface area contributed by atoms with E-state index in [4.69, 9.17) is 10.5 Å². The quantitative estimate of drug-likeness (QED) is 0.386. The Balaban J connectivity index is 1.54. The summed E-state index contributed by atoms with van der Waals surface area (Å²) in [7, 11) is 0. The molecule has 2 fully saturated rings. The number of phenolic OH excluding ortho intramolecular Hbond substituents is 1. The zero-order chi connectivity index (χ0) is 27.5. The van der Waals surface area contributed by atoms with Crippen LogP contribution in [0.1, 0.15) is 28.8 Å². The number of nitrogens with two attached hydrogens (primary N) is 1. The summed E-state index contributed by atoms with van der Waals surface area (Å²) in [6, 6.07) is 9.53. The molecule has 3 aliphatic rings. The minimum Gasteiger partial charge on any atom is -0.507 e. The first-order valence-corrected chi connectivity index (χ1v) is 13.1. The van der Waals surface area contributed by atoms with Crippen LogP contribution in [0, 0.1) is 23.7 Å². The van der Waals surface area contributed by atoms with Crippen LogP contribution in [0.5, 0.6) is 11.5 Å². The first-order chi connectivity index (χ1) is 18.0. The molecule has 0 radical (unpaired) electrons. The zero-order valence-electron chi connectivity index (χ0n) is 20.1. The average molecular weight is 538 g/mol. The SMILES string of the molecule is CSC(=O)Oc1ccc(-c2ccc(O)c3c2C[C@H]2C[C@H]4CC(=O)C(C(N)=O)C(=O)[C@@]4(O)C(=O)C2C3=O)cc1. The van der Waals surface area contributed by atoms with Gasteiger partial charge in [-0.3, -0.25) is 24.0 Å². The number of fused-ring (bicyclic) bond motifs is 3. The van der Waals surface area contributed by atoms with Crippen molar-refractivity contribution in [3.05, 3.63) is 47.5 Å². The van der Waals surface area contributed by atoms with Crippen molar-refractivity contribution in [2.45, 2.75) is 24.9 Å². The molecule has 196 valence electrons. The summed E-state index contributed by atoms with van der Waals surface area (Å²) in [6.07, 6.45) is 1.38. The van der Waals surface area contributed by atoms with Crippen molar-refractivity contribution in [1.82, 2.24) is 0 Å². The second-order valence-electron chi connectivity index (χ2n) is 9.81. The molecule has 5 rings (SSSR count). The molecule has 5 atom stereocenters. The molecule has 10 nitrogen and oxygen atoms in total. The highest BCUT2D eigenvalue weighted by atomic mass is 32.2. The lowest BCUT2D eigenvalue weighted by Gasteiger charge is -2.48. The maximum absolute atomic E-state index is 13.7. The molecular formula is C27H23NO9S. The third kappa shape index (κ3) is 3.76. The summed E-state index contributed by atoms with van der Waals surface area (Å²) in [5.41, 5.74) is 4.21. The third-order valence-electron chi connectivity index (χ3n) is 7.82. The second kappa shape index (κ2) is 9.17. The summed E-state index contributed by atoms with van der Waals surface area (Å²) >= 11 is 0.924. The summed E-state index contributed by atoms with van der Waals surface area (Å²) in [5.74, 6) is -10.2. The molecule has 2 saturated carbocycles. The van der Waals surface area contributed by atoms with Crippen molar-refractivity contribution >= 4 is 46.1 Å². The van der Waals surface area contributed by atoms with E-state index in [1.807, 2.05) is 0 Å². The molecular weight excluding hydrogens is 514 g/mol. The Morgan fingerprint density at radius 1 is 1.03 bits per heavy atom. The highest BCUT2D eigenvalue weighted by molar-refractivity contribution is 8.12. The van der Waals surface area contributed by atoms with Gasteiger partial charge >= 0.3 is 5.30 Å².